The number of carbonyl (C=O) groups is 2. The van der Waals surface area contributed by atoms with E-state index in [1.54, 1.807) is 0 Å². The molecule has 3 nitrogen and oxygen atoms in total. The van der Waals surface area contributed by atoms with Crippen LogP contribution in [0.1, 0.15) is 72.1 Å². The number of allylic oxidation sites excluding steroid dienone is 2. The van der Waals surface area contributed by atoms with Crippen LogP contribution in [-0.4, -0.2) is 18.9 Å². The first-order chi connectivity index (χ1) is 9.22. The fraction of sp³-hybridized carbons (Fsp3) is 0.750. The summed E-state index contributed by atoms with van der Waals surface area (Å²) in [7, 11) is 0. The van der Waals surface area contributed by atoms with E-state index in [-0.39, 0.29) is 5.97 Å². The number of unbranched alkanes of at least 4 members (excludes halogenated alkanes) is 4. The first kappa shape index (κ1) is 20.2. The van der Waals surface area contributed by atoms with Crippen molar-refractivity contribution in [3.63, 3.8) is 0 Å². The van der Waals surface area contributed by atoms with E-state index in [0.717, 1.165) is 32.0 Å². The van der Waals surface area contributed by atoms with Crippen LogP contribution >= 0.6 is 0 Å². The highest BCUT2D eigenvalue weighted by molar-refractivity contribution is 5.69. The molecule has 0 unspecified atom stereocenters. The van der Waals surface area contributed by atoms with Gasteiger partial charge >= 0.3 is 5.97 Å². The Bertz CT molecular complexity index is 222. The van der Waals surface area contributed by atoms with Crippen LogP contribution in [0.5, 0.6) is 0 Å². The summed E-state index contributed by atoms with van der Waals surface area (Å²) in [5.41, 5.74) is 0. The molecule has 0 aromatic carbocycles. The van der Waals surface area contributed by atoms with Crippen molar-refractivity contribution in [3.05, 3.63) is 12.2 Å². The molecule has 0 aliphatic heterocycles. The second-order valence-electron chi connectivity index (χ2n) is 4.38. The van der Waals surface area contributed by atoms with Gasteiger partial charge in [0, 0.05) is 6.42 Å². The summed E-state index contributed by atoms with van der Waals surface area (Å²) in [5, 5.41) is 0. The molecule has 0 fully saturated rings. The fourth-order valence-electron chi connectivity index (χ4n) is 1.31. The maximum atomic E-state index is 10.9. The van der Waals surface area contributed by atoms with E-state index in [0.29, 0.717) is 13.0 Å². The van der Waals surface area contributed by atoms with Gasteiger partial charge in [-0.25, -0.2) is 0 Å². The SMILES string of the molecule is CCCC=CC=O.CCCCCCOC(=O)CCC. The van der Waals surface area contributed by atoms with Crippen molar-refractivity contribution >= 4 is 12.3 Å². The largest absolute Gasteiger partial charge is 0.466 e. The maximum Gasteiger partial charge on any atom is 0.305 e. The van der Waals surface area contributed by atoms with Gasteiger partial charge in [0.1, 0.15) is 6.29 Å². The summed E-state index contributed by atoms with van der Waals surface area (Å²) in [6.45, 7) is 6.84. The van der Waals surface area contributed by atoms with Gasteiger partial charge in [-0.15, -0.1) is 0 Å². The maximum absolute atomic E-state index is 10.9. The second-order valence-corrected chi connectivity index (χ2v) is 4.38. The quantitative estimate of drug-likeness (QED) is 0.255. The van der Waals surface area contributed by atoms with Crippen LogP contribution in [0.3, 0.4) is 0 Å². The number of hydrogen-bond donors (Lipinski definition) is 0. The monoisotopic (exact) mass is 270 g/mol. The topological polar surface area (TPSA) is 43.4 Å². The van der Waals surface area contributed by atoms with Gasteiger partial charge in [-0.05, 0) is 25.3 Å². The molecule has 0 saturated heterocycles. The molecular formula is C16H30O3. The summed E-state index contributed by atoms with van der Waals surface area (Å²) in [6, 6.07) is 0. The lowest BCUT2D eigenvalue weighted by molar-refractivity contribution is -0.143. The average molecular weight is 270 g/mol. The van der Waals surface area contributed by atoms with Crippen LogP contribution in [0.25, 0.3) is 0 Å². The minimum Gasteiger partial charge on any atom is -0.466 e. The van der Waals surface area contributed by atoms with Crippen LogP contribution in [0.2, 0.25) is 0 Å². The van der Waals surface area contributed by atoms with Crippen LogP contribution in [0.15, 0.2) is 12.2 Å². The molecule has 3 heteroatoms. The van der Waals surface area contributed by atoms with Gasteiger partial charge < -0.3 is 4.74 Å². The molecule has 0 aliphatic carbocycles. The smallest absolute Gasteiger partial charge is 0.305 e. The molecule has 0 aliphatic rings. The molecule has 0 heterocycles. The molecule has 0 amide bonds. The highest BCUT2D eigenvalue weighted by Crippen LogP contribution is 2.00. The molecule has 0 spiro atoms. The lowest BCUT2D eigenvalue weighted by Gasteiger charge is -2.02. The van der Waals surface area contributed by atoms with E-state index in [2.05, 4.69) is 13.8 Å². The number of ether oxygens (including phenoxy) is 1. The molecule has 0 atom stereocenters. The Labute approximate surface area is 118 Å². The van der Waals surface area contributed by atoms with Crippen LogP contribution in [0.4, 0.5) is 0 Å². The van der Waals surface area contributed by atoms with Gasteiger partial charge in [0.25, 0.3) is 0 Å². The van der Waals surface area contributed by atoms with Crippen molar-refractivity contribution < 1.29 is 14.3 Å². The zero-order valence-electron chi connectivity index (χ0n) is 12.8. The zero-order valence-corrected chi connectivity index (χ0v) is 12.8. The lowest BCUT2D eigenvalue weighted by atomic mass is 10.2. The molecule has 0 bridgehead atoms. The number of carbonyl (C=O) groups excluding carboxylic acids is 2. The third kappa shape index (κ3) is 22.5. The van der Waals surface area contributed by atoms with Gasteiger partial charge in [0.2, 0.25) is 0 Å². The van der Waals surface area contributed by atoms with E-state index < -0.39 is 0 Å². The molecule has 112 valence electrons. The molecule has 0 saturated carbocycles. The van der Waals surface area contributed by atoms with Crippen molar-refractivity contribution in [2.75, 3.05) is 6.61 Å². The van der Waals surface area contributed by atoms with Crippen molar-refractivity contribution in [3.8, 4) is 0 Å². The van der Waals surface area contributed by atoms with E-state index in [9.17, 15) is 9.59 Å². The highest BCUT2D eigenvalue weighted by Gasteiger charge is 1.98. The Morgan fingerprint density at radius 1 is 1.00 bits per heavy atom. The first-order valence-electron chi connectivity index (χ1n) is 7.48. The number of esters is 1. The molecular weight excluding hydrogens is 240 g/mol. The molecule has 0 rings (SSSR count). The van der Waals surface area contributed by atoms with Gasteiger partial charge in [-0.3, -0.25) is 9.59 Å². The van der Waals surface area contributed by atoms with Gasteiger partial charge in [0.15, 0.2) is 0 Å². The van der Waals surface area contributed by atoms with Gasteiger partial charge in [-0.1, -0.05) is 52.5 Å². The van der Waals surface area contributed by atoms with E-state index in [4.69, 9.17) is 4.74 Å². The average Bonchev–Trinajstić information content (AvgIpc) is 2.40. The van der Waals surface area contributed by atoms with Crippen molar-refractivity contribution in [1.29, 1.82) is 0 Å². The Morgan fingerprint density at radius 3 is 2.26 bits per heavy atom. The fourth-order valence-corrected chi connectivity index (χ4v) is 1.31. The summed E-state index contributed by atoms with van der Waals surface area (Å²) in [5.74, 6) is -0.0472. The zero-order chi connectivity index (χ0) is 14.8. The van der Waals surface area contributed by atoms with Crippen LogP contribution in [0, 0.1) is 0 Å². The summed E-state index contributed by atoms with van der Waals surface area (Å²) < 4.78 is 4.99. The third-order valence-electron chi connectivity index (χ3n) is 2.39. The number of rotatable bonds is 10. The van der Waals surface area contributed by atoms with Crippen molar-refractivity contribution in [1.82, 2.24) is 0 Å². The van der Waals surface area contributed by atoms with E-state index in [1.807, 2.05) is 13.0 Å². The summed E-state index contributed by atoms with van der Waals surface area (Å²) >= 11 is 0. The van der Waals surface area contributed by atoms with E-state index in [1.165, 1.54) is 25.3 Å². The molecule has 19 heavy (non-hydrogen) atoms. The predicted octanol–water partition coefficient (Wildman–Crippen LogP) is 4.45. The molecule has 0 aromatic rings. The summed E-state index contributed by atoms with van der Waals surface area (Å²) in [6.07, 6.45) is 12.4. The van der Waals surface area contributed by atoms with Gasteiger partial charge in [-0.2, -0.15) is 0 Å². The Kier molecular flexibility index (Phi) is 20.4. The first-order valence-corrected chi connectivity index (χ1v) is 7.48. The van der Waals surface area contributed by atoms with Crippen LogP contribution < -0.4 is 0 Å². The normalized spacial score (nSPS) is 9.84. The second kappa shape index (κ2) is 19.2. The minimum absolute atomic E-state index is 0.0472. The predicted molar refractivity (Wildman–Crippen MR) is 80.1 cm³/mol. The molecule has 0 radical (unpaired) electrons. The van der Waals surface area contributed by atoms with E-state index >= 15 is 0 Å². The van der Waals surface area contributed by atoms with Gasteiger partial charge in [0.05, 0.1) is 6.61 Å². The lowest BCUT2D eigenvalue weighted by Crippen LogP contribution is -2.04. The Hall–Kier alpha value is -1.12. The molecule has 0 aromatic heterocycles. The Morgan fingerprint density at radius 2 is 1.74 bits per heavy atom. The third-order valence-corrected chi connectivity index (χ3v) is 2.39. The Balaban J connectivity index is 0. The highest BCUT2D eigenvalue weighted by atomic mass is 16.5. The number of hydrogen-bond acceptors (Lipinski definition) is 3. The molecule has 0 N–H and O–H groups in total. The van der Waals surface area contributed by atoms with Crippen LogP contribution in [-0.2, 0) is 14.3 Å². The van der Waals surface area contributed by atoms with Crippen molar-refractivity contribution in [2.45, 2.75) is 72.1 Å². The standard InChI is InChI=1S/C10H20O2.C6H10O/c1-3-5-6-7-9-12-10(11)8-4-2;1-2-3-4-5-6-7/h3-9H2,1-2H3;4-6H,2-3H2,1H3. The number of aldehydes is 1. The minimum atomic E-state index is -0.0472. The summed E-state index contributed by atoms with van der Waals surface area (Å²) in [4.78, 5) is 20.4. The van der Waals surface area contributed by atoms with Crippen molar-refractivity contribution in [2.24, 2.45) is 0 Å².